The summed E-state index contributed by atoms with van der Waals surface area (Å²) >= 11 is 0. The van der Waals surface area contributed by atoms with Crippen molar-refractivity contribution in [2.45, 2.75) is 13.2 Å². The van der Waals surface area contributed by atoms with Gasteiger partial charge in [0.15, 0.2) is 0 Å². The second-order valence-corrected chi connectivity index (χ2v) is 4.18. The minimum Gasteiger partial charge on any atom is -0.497 e. The summed E-state index contributed by atoms with van der Waals surface area (Å²) in [5.41, 5.74) is 2.16. The lowest BCUT2D eigenvalue weighted by Crippen LogP contribution is -2.30. The monoisotopic (exact) mass is 258 g/mol. The summed E-state index contributed by atoms with van der Waals surface area (Å²) in [7, 11) is 1.65. The second kappa shape index (κ2) is 6.89. The first kappa shape index (κ1) is 13.5. The van der Waals surface area contributed by atoms with Gasteiger partial charge < -0.3 is 4.74 Å². The fourth-order valence-electron chi connectivity index (χ4n) is 1.69. The molecule has 0 aliphatic rings. The highest BCUT2D eigenvalue weighted by atomic mass is 16.7. The van der Waals surface area contributed by atoms with Gasteiger partial charge in [-0.3, -0.25) is 4.84 Å². The van der Waals surface area contributed by atoms with Crippen LogP contribution in [-0.4, -0.2) is 12.3 Å². The van der Waals surface area contributed by atoms with Gasteiger partial charge in [0.1, 0.15) is 5.75 Å². The predicted molar refractivity (Wildman–Crippen MR) is 74.0 cm³/mol. The van der Waals surface area contributed by atoms with Crippen molar-refractivity contribution in [2.24, 2.45) is 5.84 Å². The molecule has 0 aliphatic carbocycles. The molecule has 0 aliphatic heterocycles. The highest BCUT2D eigenvalue weighted by Gasteiger charge is 2.02. The Morgan fingerprint density at radius 1 is 0.947 bits per heavy atom. The first-order valence-corrected chi connectivity index (χ1v) is 6.10. The Hall–Kier alpha value is -1.88. The Bertz CT molecular complexity index is 485. The lowest BCUT2D eigenvalue weighted by atomic mass is 10.2. The van der Waals surface area contributed by atoms with E-state index in [-0.39, 0.29) is 0 Å². The zero-order valence-electron chi connectivity index (χ0n) is 11.0. The molecule has 19 heavy (non-hydrogen) atoms. The number of hydrogen-bond acceptors (Lipinski definition) is 4. The van der Waals surface area contributed by atoms with Gasteiger partial charge in [-0.05, 0) is 23.3 Å². The first-order valence-electron chi connectivity index (χ1n) is 6.10. The van der Waals surface area contributed by atoms with E-state index in [9.17, 15) is 0 Å². The summed E-state index contributed by atoms with van der Waals surface area (Å²) < 4.78 is 5.10. The number of nitrogens with two attached hydrogens (primary N) is 1. The standard InChI is InChI=1S/C15H18N2O2/c1-18-15-9-7-14(8-10-15)12-19-17(16)11-13-5-3-2-4-6-13/h2-10H,11-12,16H2,1H3. The lowest BCUT2D eigenvalue weighted by Gasteiger charge is -2.16. The second-order valence-electron chi connectivity index (χ2n) is 4.18. The molecule has 0 bridgehead atoms. The molecule has 0 unspecified atom stereocenters. The normalized spacial score (nSPS) is 10.7. The number of rotatable bonds is 6. The van der Waals surface area contributed by atoms with E-state index in [0.29, 0.717) is 13.2 Å². The van der Waals surface area contributed by atoms with Crippen LogP contribution in [0, 0.1) is 0 Å². The van der Waals surface area contributed by atoms with E-state index in [1.54, 1.807) is 7.11 Å². The average molecular weight is 258 g/mol. The fraction of sp³-hybridized carbons (Fsp3) is 0.200. The van der Waals surface area contributed by atoms with Crippen molar-refractivity contribution >= 4 is 0 Å². The van der Waals surface area contributed by atoms with Crippen LogP contribution in [-0.2, 0) is 18.0 Å². The molecular formula is C15H18N2O2. The predicted octanol–water partition coefficient (Wildman–Crippen LogP) is 2.50. The maximum Gasteiger partial charge on any atom is 0.118 e. The highest BCUT2D eigenvalue weighted by molar-refractivity contribution is 5.26. The molecule has 2 N–H and O–H groups in total. The summed E-state index contributed by atoms with van der Waals surface area (Å²) in [6.07, 6.45) is 0. The molecule has 0 aromatic heterocycles. The molecule has 2 rings (SSSR count). The minimum atomic E-state index is 0.438. The van der Waals surface area contributed by atoms with Crippen molar-refractivity contribution in [3.63, 3.8) is 0 Å². The fourth-order valence-corrected chi connectivity index (χ4v) is 1.69. The number of methoxy groups -OCH3 is 1. The van der Waals surface area contributed by atoms with Gasteiger partial charge in [0.05, 0.1) is 20.3 Å². The van der Waals surface area contributed by atoms with Crippen LogP contribution in [0.3, 0.4) is 0 Å². The van der Waals surface area contributed by atoms with Crippen LogP contribution < -0.4 is 10.6 Å². The molecule has 0 saturated carbocycles. The zero-order valence-corrected chi connectivity index (χ0v) is 11.0. The third-order valence-electron chi connectivity index (χ3n) is 2.74. The zero-order chi connectivity index (χ0) is 13.5. The Labute approximate surface area is 113 Å². The van der Waals surface area contributed by atoms with Crippen molar-refractivity contribution in [3.05, 3.63) is 65.7 Å². The van der Waals surface area contributed by atoms with E-state index in [0.717, 1.165) is 16.9 Å². The highest BCUT2D eigenvalue weighted by Crippen LogP contribution is 2.12. The van der Waals surface area contributed by atoms with E-state index < -0.39 is 0 Å². The summed E-state index contributed by atoms with van der Waals surface area (Å²) in [4.78, 5) is 5.48. The number of hydrogen-bond donors (Lipinski definition) is 1. The van der Waals surface area contributed by atoms with Gasteiger partial charge in [-0.1, -0.05) is 42.5 Å². The maximum absolute atomic E-state index is 5.80. The van der Waals surface area contributed by atoms with Gasteiger partial charge in [-0.2, -0.15) is 0 Å². The van der Waals surface area contributed by atoms with Crippen LogP contribution >= 0.6 is 0 Å². The molecule has 0 saturated heterocycles. The average Bonchev–Trinajstić information content (AvgIpc) is 2.47. The lowest BCUT2D eigenvalue weighted by molar-refractivity contribution is -0.180. The van der Waals surface area contributed by atoms with Gasteiger partial charge in [0.25, 0.3) is 0 Å². The van der Waals surface area contributed by atoms with Crippen LogP contribution in [0.4, 0.5) is 0 Å². The SMILES string of the molecule is COc1ccc(CON(N)Cc2ccccc2)cc1. The molecule has 0 fully saturated rings. The molecule has 0 heterocycles. The number of hydroxylamine groups is 1. The molecule has 2 aromatic carbocycles. The Morgan fingerprint density at radius 2 is 1.63 bits per heavy atom. The van der Waals surface area contributed by atoms with Crippen LogP contribution in [0.2, 0.25) is 0 Å². The van der Waals surface area contributed by atoms with E-state index in [2.05, 4.69) is 0 Å². The van der Waals surface area contributed by atoms with Gasteiger partial charge in [-0.15, -0.1) is 5.17 Å². The van der Waals surface area contributed by atoms with E-state index in [4.69, 9.17) is 15.4 Å². The Balaban J connectivity index is 1.81. The molecule has 0 amide bonds. The third kappa shape index (κ3) is 4.37. The van der Waals surface area contributed by atoms with E-state index in [1.807, 2.05) is 54.6 Å². The summed E-state index contributed by atoms with van der Waals surface area (Å²) in [5.74, 6) is 6.63. The Morgan fingerprint density at radius 3 is 2.26 bits per heavy atom. The first-order chi connectivity index (χ1) is 9.28. The van der Waals surface area contributed by atoms with Gasteiger partial charge in [0, 0.05) is 0 Å². The van der Waals surface area contributed by atoms with Crippen molar-refractivity contribution in [3.8, 4) is 5.75 Å². The van der Waals surface area contributed by atoms with Crippen molar-refractivity contribution in [1.29, 1.82) is 0 Å². The molecule has 0 atom stereocenters. The van der Waals surface area contributed by atoms with Gasteiger partial charge in [0.2, 0.25) is 0 Å². The molecule has 4 heteroatoms. The summed E-state index contributed by atoms with van der Waals surface area (Å²) in [5, 5.41) is 1.35. The number of hydrazine groups is 1. The quantitative estimate of drug-likeness (QED) is 0.639. The van der Waals surface area contributed by atoms with Crippen LogP contribution in [0.5, 0.6) is 5.75 Å². The molecule has 0 radical (unpaired) electrons. The topological polar surface area (TPSA) is 47.7 Å². The van der Waals surface area contributed by atoms with E-state index in [1.165, 1.54) is 5.17 Å². The van der Waals surface area contributed by atoms with Crippen molar-refractivity contribution in [1.82, 2.24) is 5.17 Å². The summed E-state index contributed by atoms with van der Waals surface area (Å²) in [6, 6.07) is 17.7. The van der Waals surface area contributed by atoms with Crippen molar-refractivity contribution < 1.29 is 9.57 Å². The third-order valence-corrected chi connectivity index (χ3v) is 2.74. The van der Waals surface area contributed by atoms with Gasteiger partial charge in [-0.25, -0.2) is 5.84 Å². The largest absolute Gasteiger partial charge is 0.497 e. The maximum atomic E-state index is 5.80. The van der Waals surface area contributed by atoms with Crippen LogP contribution in [0.15, 0.2) is 54.6 Å². The van der Waals surface area contributed by atoms with Gasteiger partial charge >= 0.3 is 0 Å². The minimum absolute atomic E-state index is 0.438. The molecule has 2 aromatic rings. The van der Waals surface area contributed by atoms with E-state index >= 15 is 0 Å². The number of nitrogens with zero attached hydrogens (tertiary/aromatic N) is 1. The molecule has 4 nitrogen and oxygen atoms in total. The molecular weight excluding hydrogens is 240 g/mol. The Kier molecular flexibility index (Phi) is 4.92. The van der Waals surface area contributed by atoms with Crippen LogP contribution in [0.1, 0.15) is 11.1 Å². The van der Waals surface area contributed by atoms with Crippen molar-refractivity contribution in [2.75, 3.05) is 7.11 Å². The smallest absolute Gasteiger partial charge is 0.118 e. The number of ether oxygens (including phenoxy) is 1. The summed E-state index contributed by atoms with van der Waals surface area (Å²) in [6.45, 7) is 0.990. The molecule has 100 valence electrons. The van der Waals surface area contributed by atoms with Crippen LogP contribution in [0.25, 0.3) is 0 Å². The number of benzene rings is 2. The molecule has 0 spiro atoms.